The fourth-order valence-electron chi connectivity index (χ4n) is 2.56. The van der Waals surface area contributed by atoms with Crippen molar-refractivity contribution in [2.75, 3.05) is 5.73 Å². The SMILES string of the molecule is CC1CCCC(C)N1NC(=O)c1ccc(Cl)cc1N. The average molecular weight is 282 g/mol. The molecule has 3 N–H and O–H groups in total. The number of piperidine rings is 1. The van der Waals surface area contributed by atoms with Crippen LogP contribution in [-0.4, -0.2) is 23.0 Å². The minimum atomic E-state index is -0.172. The van der Waals surface area contributed by atoms with Gasteiger partial charge < -0.3 is 5.73 Å². The number of hydrogen-bond acceptors (Lipinski definition) is 3. The molecule has 2 unspecified atom stereocenters. The number of rotatable bonds is 2. The van der Waals surface area contributed by atoms with Crippen LogP contribution >= 0.6 is 11.6 Å². The first kappa shape index (κ1) is 14.2. The third-order valence-electron chi connectivity index (χ3n) is 3.68. The summed E-state index contributed by atoms with van der Waals surface area (Å²) in [6, 6.07) is 5.63. The minimum Gasteiger partial charge on any atom is -0.398 e. The van der Waals surface area contributed by atoms with E-state index < -0.39 is 0 Å². The first-order chi connectivity index (χ1) is 8.99. The van der Waals surface area contributed by atoms with Gasteiger partial charge in [0.2, 0.25) is 0 Å². The summed E-state index contributed by atoms with van der Waals surface area (Å²) in [5.74, 6) is -0.172. The van der Waals surface area contributed by atoms with Crippen molar-refractivity contribution in [3.63, 3.8) is 0 Å². The van der Waals surface area contributed by atoms with Crippen LogP contribution in [0.2, 0.25) is 5.02 Å². The second kappa shape index (κ2) is 5.80. The highest BCUT2D eigenvalue weighted by atomic mass is 35.5. The first-order valence-corrected chi connectivity index (χ1v) is 7.01. The fourth-order valence-corrected chi connectivity index (χ4v) is 2.74. The lowest BCUT2D eigenvalue weighted by Crippen LogP contribution is -2.54. The second-order valence-electron chi connectivity index (χ2n) is 5.21. The number of nitrogen functional groups attached to an aromatic ring is 1. The Hall–Kier alpha value is -1.26. The van der Waals surface area contributed by atoms with Crippen LogP contribution in [0.15, 0.2) is 18.2 Å². The van der Waals surface area contributed by atoms with E-state index in [4.69, 9.17) is 17.3 Å². The Morgan fingerprint density at radius 1 is 1.37 bits per heavy atom. The monoisotopic (exact) mass is 281 g/mol. The summed E-state index contributed by atoms with van der Waals surface area (Å²) in [7, 11) is 0. The standard InChI is InChI=1S/C14H20ClN3O/c1-9-4-3-5-10(2)18(9)17-14(19)12-7-6-11(15)8-13(12)16/h6-10H,3-5,16H2,1-2H3,(H,17,19). The van der Waals surface area contributed by atoms with Crippen LogP contribution in [-0.2, 0) is 0 Å². The molecule has 19 heavy (non-hydrogen) atoms. The molecule has 1 saturated heterocycles. The van der Waals surface area contributed by atoms with Crippen LogP contribution in [0.4, 0.5) is 5.69 Å². The van der Waals surface area contributed by atoms with Crippen molar-refractivity contribution >= 4 is 23.2 Å². The van der Waals surface area contributed by atoms with Gasteiger partial charge in [-0.25, -0.2) is 5.01 Å². The zero-order valence-corrected chi connectivity index (χ0v) is 12.1. The quantitative estimate of drug-likeness (QED) is 0.820. The first-order valence-electron chi connectivity index (χ1n) is 6.63. The number of carbonyl (C=O) groups is 1. The highest BCUT2D eigenvalue weighted by molar-refractivity contribution is 6.31. The van der Waals surface area contributed by atoms with Crippen LogP contribution in [0.25, 0.3) is 0 Å². The minimum absolute atomic E-state index is 0.172. The van der Waals surface area contributed by atoms with Crippen molar-refractivity contribution in [3.8, 4) is 0 Å². The molecule has 4 nitrogen and oxygen atoms in total. The summed E-state index contributed by atoms with van der Waals surface area (Å²) in [6.45, 7) is 4.25. The average Bonchev–Trinajstić information content (AvgIpc) is 2.33. The second-order valence-corrected chi connectivity index (χ2v) is 5.65. The predicted octanol–water partition coefficient (Wildman–Crippen LogP) is 2.83. The molecule has 0 saturated carbocycles. The van der Waals surface area contributed by atoms with Crippen molar-refractivity contribution in [1.29, 1.82) is 0 Å². The summed E-state index contributed by atoms with van der Waals surface area (Å²) in [4.78, 5) is 12.3. The molecule has 104 valence electrons. The summed E-state index contributed by atoms with van der Waals surface area (Å²) in [6.07, 6.45) is 3.40. The van der Waals surface area contributed by atoms with Crippen molar-refractivity contribution < 1.29 is 4.79 Å². The van der Waals surface area contributed by atoms with Crippen molar-refractivity contribution in [1.82, 2.24) is 10.4 Å². The number of halogens is 1. The molecular weight excluding hydrogens is 262 g/mol. The molecule has 2 rings (SSSR count). The van der Waals surface area contributed by atoms with Crippen molar-refractivity contribution in [2.24, 2.45) is 0 Å². The van der Waals surface area contributed by atoms with Gasteiger partial charge >= 0.3 is 0 Å². The van der Waals surface area contributed by atoms with Gasteiger partial charge in [0.1, 0.15) is 0 Å². The Kier molecular flexibility index (Phi) is 4.32. The topological polar surface area (TPSA) is 58.4 Å². The van der Waals surface area contributed by atoms with E-state index in [1.54, 1.807) is 18.2 Å². The van der Waals surface area contributed by atoms with E-state index in [1.807, 2.05) is 5.01 Å². The number of hydrogen-bond donors (Lipinski definition) is 2. The van der Waals surface area contributed by atoms with Gasteiger partial charge in [0, 0.05) is 22.8 Å². The Balaban J connectivity index is 2.11. The molecule has 0 radical (unpaired) electrons. The number of benzene rings is 1. The Labute approximate surface area is 118 Å². The van der Waals surface area contributed by atoms with Crippen LogP contribution < -0.4 is 11.2 Å². The Bertz CT molecular complexity index is 468. The van der Waals surface area contributed by atoms with Crippen molar-refractivity contribution in [3.05, 3.63) is 28.8 Å². The molecule has 2 atom stereocenters. The number of hydrazine groups is 1. The maximum absolute atomic E-state index is 12.3. The van der Waals surface area contributed by atoms with Gasteiger partial charge in [-0.05, 0) is 44.9 Å². The Morgan fingerprint density at radius 2 is 2.00 bits per heavy atom. The largest absolute Gasteiger partial charge is 0.398 e. The maximum Gasteiger partial charge on any atom is 0.267 e. The lowest BCUT2D eigenvalue weighted by molar-refractivity contribution is 0.0370. The van der Waals surface area contributed by atoms with Gasteiger partial charge in [-0.2, -0.15) is 0 Å². The molecule has 0 aromatic heterocycles. The van der Waals surface area contributed by atoms with E-state index in [0.29, 0.717) is 28.4 Å². The van der Waals surface area contributed by atoms with Gasteiger partial charge in [-0.15, -0.1) is 0 Å². The molecule has 1 amide bonds. The number of nitrogens with two attached hydrogens (primary N) is 1. The number of nitrogens with one attached hydrogen (secondary N) is 1. The molecule has 0 bridgehead atoms. The number of anilines is 1. The lowest BCUT2D eigenvalue weighted by atomic mass is 10.00. The third kappa shape index (κ3) is 3.19. The summed E-state index contributed by atoms with van der Waals surface area (Å²) < 4.78 is 0. The van der Waals surface area contributed by atoms with E-state index in [0.717, 1.165) is 12.8 Å². The van der Waals surface area contributed by atoms with E-state index >= 15 is 0 Å². The molecule has 1 fully saturated rings. The molecule has 1 aromatic rings. The highest BCUT2D eigenvalue weighted by Crippen LogP contribution is 2.22. The van der Waals surface area contributed by atoms with Gasteiger partial charge in [-0.3, -0.25) is 10.2 Å². The molecule has 0 spiro atoms. The molecule has 0 aliphatic carbocycles. The molecule has 1 heterocycles. The van der Waals surface area contributed by atoms with Crippen LogP contribution in [0.3, 0.4) is 0 Å². The smallest absolute Gasteiger partial charge is 0.267 e. The van der Waals surface area contributed by atoms with Gasteiger partial charge in [-0.1, -0.05) is 18.0 Å². The molecule has 5 heteroatoms. The highest BCUT2D eigenvalue weighted by Gasteiger charge is 2.26. The lowest BCUT2D eigenvalue weighted by Gasteiger charge is -2.38. The number of amides is 1. The summed E-state index contributed by atoms with van der Waals surface area (Å²) in [5.41, 5.74) is 9.67. The van der Waals surface area contributed by atoms with Crippen LogP contribution in [0.1, 0.15) is 43.5 Å². The van der Waals surface area contributed by atoms with E-state index in [9.17, 15) is 4.79 Å². The Morgan fingerprint density at radius 3 is 2.58 bits per heavy atom. The van der Waals surface area contributed by atoms with Crippen molar-refractivity contribution in [2.45, 2.75) is 45.2 Å². The zero-order chi connectivity index (χ0) is 14.0. The van der Waals surface area contributed by atoms with Gasteiger partial charge in [0.15, 0.2) is 0 Å². The van der Waals surface area contributed by atoms with E-state index in [2.05, 4.69) is 19.3 Å². The normalized spacial score (nSPS) is 24.2. The molecule has 1 aromatic carbocycles. The zero-order valence-electron chi connectivity index (χ0n) is 11.3. The van der Waals surface area contributed by atoms with Gasteiger partial charge in [0.25, 0.3) is 5.91 Å². The van der Waals surface area contributed by atoms with Gasteiger partial charge in [0.05, 0.1) is 5.56 Å². The number of nitrogens with zero attached hydrogens (tertiary/aromatic N) is 1. The van der Waals surface area contributed by atoms with Crippen LogP contribution in [0.5, 0.6) is 0 Å². The summed E-state index contributed by atoms with van der Waals surface area (Å²) >= 11 is 5.84. The molecule has 1 aliphatic rings. The maximum atomic E-state index is 12.3. The predicted molar refractivity (Wildman–Crippen MR) is 77.9 cm³/mol. The van der Waals surface area contributed by atoms with E-state index in [-0.39, 0.29) is 5.91 Å². The summed E-state index contributed by atoms with van der Waals surface area (Å²) in [5, 5.41) is 2.56. The molecule has 1 aliphatic heterocycles. The molecular formula is C14H20ClN3O. The van der Waals surface area contributed by atoms with E-state index in [1.165, 1.54) is 6.42 Å². The van der Waals surface area contributed by atoms with Crippen LogP contribution in [0, 0.1) is 0 Å². The number of carbonyl (C=O) groups excluding carboxylic acids is 1. The fraction of sp³-hybridized carbons (Fsp3) is 0.500. The third-order valence-corrected chi connectivity index (χ3v) is 3.92.